The second kappa shape index (κ2) is 5.48. The average Bonchev–Trinajstić information content (AvgIpc) is 2.71. The third-order valence-corrected chi connectivity index (χ3v) is 4.94. The average molecular weight is 324 g/mol. The number of rotatable bonds is 2. The summed E-state index contributed by atoms with van der Waals surface area (Å²) in [6.07, 6.45) is 1.10. The summed E-state index contributed by atoms with van der Waals surface area (Å²) in [5.41, 5.74) is 3.55. The number of fused-ring (bicyclic) bond motifs is 1. The summed E-state index contributed by atoms with van der Waals surface area (Å²) in [6.45, 7) is 6.60. The van der Waals surface area contributed by atoms with Gasteiger partial charge in [-0.25, -0.2) is 9.59 Å². The van der Waals surface area contributed by atoms with E-state index in [1.807, 2.05) is 24.3 Å². The SMILES string of the molecule is CC1CC(C)(C)c2ccc(C(=O)O)cc21.O=C(O)c1cc2ccc1=2. The molecule has 0 aliphatic heterocycles. The van der Waals surface area contributed by atoms with Gasteiger partial charge in [0.1, 0.15) is 0 Å². The van der Waals surface area contributed by atoms with Crippen molar-refractivity contribution < 1.29 is 19.8 Å². The Hall–Kier alpha value is -2.62. The Kier molecular flexibility index (Phi) is 3.71. The minimum absolute atomic E-state index is 0.186. The molecule has 4 heteroatoms. The highest BCUT2D eigenvalue weighted by atomic mass is 16.4. The zero-order valence-electron chi connectivity index (χ0n) is 14.0. The highest BCUT2D eigenvalue weighted by molar-refractivity contribution is 5.89. The van der Waals surface area contributed by atoms with Gasteiger partial charge in [0.15, 0.2) is 0 Å². The first-order chi connectivity index (χ1) is 11.2. The molecule has 0 saturated carbocycles. The smallest absolute Gasteiger partial charge is 0.336 e. The fourth-order valence-electron chi connectivity index (χ4n) is 3.67. The Bertz CT molecular complexity index is 941. The lowest BCUT2D eigenvalue weighted by Crippen LogP contribution is -2.12. The van der Waals surface area contributed by atoms with Crippen molar-refractivity contribution in [3.05, 3.63) is 69.1 Å². The quantitative estimate of drug-likeness (QED) is 0.742. The van der Waals surface area contributed by atoms with Crippen LogP contribution in [0, 0.1) is 10.4 Å². The molecule has 2 N–H and O–H groups in total. The van der Waals surface area contributed by atoms with Crippen molar-refractivity contribution in [3.63, 3.8) is 0 Å². The fraction of sp³-hybridized carbons (Fsp3) is 0.300. The van der Waals surface area contributed by atoms with Gasteiger partial charge in [0.25, 0.3) is 0 Å². The van der Waals surface area contributed by atoms with Crippen molar-refractivity contribution in [2.24, 2.45) is 0 Å². The molecule has 0 fully saturated rings. The van der Waals surface area contributed by atoms with Crippen molar-refractivity contribution >= 4 is 11.9 Å². The van der Waals surface area contributed by atoms with Crippen LogP contribution in [-0.4, -0.2) is 22.2 Å². The van der Waals surface area contributed by atoms with Gasteiger partial charge in [0.05, 0.1) is 11.1 Å². The van der Waals surface area contributed by atoms with E-state index in [1.54, 1.807) is 12.1 Å². The Labute approximate surface area is 140 Å². The van der Waals surface area contributed by atoms with E-state index in [2.05, 4.69) is 20.8 Å². The largest absolute Gasteiger partial charge is 0.478 e. The predicted octanol–water partition coefficient (Wildman–Crippen LogP) is 4.15. The maximum Gasteiger partial charge on any atom is 0.336 e. The summed E-state index contributed by atoms with van der Waals surface area (Å²) in [4.78, 5) is 21.1. The number of carboxylic acids is 2. The molecular weight excluding hydrogens is 304 g/mol. The predicted molar refractivity (Wildman–Crippen MR) is 90.5 cm³/mol. The van der Waals surface area contributed by atoms with Crippen LogP contribution in [0.15, 0.2) is 36.4 Å². The summed E-state index contributed by atoms with van der Waals surface area (Å²) in [5.74, 6) is -1.19. The topological polar surface area (TPSA) is 74.6 Å². The lowest BCUT2D eigenvalue weighted by atomic mass is 9.86. The molecular formula is C20H20O4. The van der Waals surface area contributed by atoms with Crippen molar-refractivity contribution in [1.29, 1.82) is 0 Å². The van der Waals surface area contributed by atoms with E-state index in [1.165, 1.54) is 11.1 Å². The molecule has 3 aliphatic carbocycles. The molecule has 124 valence electrons. The van der Waals surface area contributed by atoms with Crippen LogP contribution in [0.3, 0.4) is 0 Å². The molecule has 4 nitrogen and oxygen atoms in total. The number of hydrogen-bond donors (Lipinski definition) is 2. The van der Waals surface area contributed by atoms with E-state index in [0.717, 1.165) is 16.9 Å². The summed E-state index contributed by atoms with van der Waals surface area (Å²) < 4.78 is 0. The second-order valence-corrected chi connectivity index (χ2v) is 7.16. The zero-order chi connectivity index (χ0) is 17.6. The minimum atomic E-state index is -0.838. The van der Waals surface area contributed by atoms with Crippen LogP contribution in [0.2, 0.25) is 0 Å². The van der Waals surface area contributed by atoms with Crippen molar-refractivity contribution in [3.8, 4) is 0 Å². The van der Waals surface area contributed by atoms with Crippen LogP contribution in [0.4, 0.5) is 0 Å². The molecule has 0 radical (unpaired) electrons. The fourth-order valence-corrected chi connectivity index (χ4v) is 3.67. The van der Waals surface area contributed by atoms with Crippen LogP contribution in [-0.2, 0) is 5.41 Å². The van der Waals surface area contributed by atoms with Crippen LogP contribution in [0.5, 0.6) is 0 Å². The first-order valence-electron chi connectivity index (χ1n) is 7.96. The highest BCUT2D eigenvalue weighted by Gasteiger charge is 2.34. The molecule has 24 heavy (non-hydrogen) atoms. The first kappa shape index (κ1) is 16.2. The van der Waals surface area contributed by atoms with E-state index < -0.39 is 11.9 Å². The minimum Gasteiger partial charge on any atom is -0.478 e. The Morgan fingerprint density at radius 3 is 2.17 bits per heavy atom. The lowest BCUT2D eigenvalue weighted by Gasteiger charge is -2.18. The lowest BCUT2D eigenvalue weighted by molar-refractivity contribution is 0.0684. The monoisotopic (exact) mass is 324 g/mol. The second-order valence-electron chi connectivity index (χ2n) is 7.16. The number of carbonyl (C=O) groups is 2. The van der Waals surface area contributed by atoms with Gasteiger partial charge in [-0.15, -0.1) is 0 Å². The number of aromatic carboxylic acids is 2. The maximum absolute atomic E-state index is 10.9. The molecule has 0 aromatic heterocycles. The van der Waals surface area contributed by atoms with Gasteiger partial charge >= 0.3 is 11.9 Å². The van der Waals surface area contributed by atoms with Gasteiger partial charge in [0, 0.05) is 0 Å². The van der Waals surface area contributed by atoms with Gasteiger partial charge < -0.3 is 10.2 Å². The summed E-state index contributed by atoms with van der Waals surface area (Å²) >= 11 is 0. The van der Waals surface area contributed by atoms with Crippen molar-refractivity contribution in [2.75, 3.05) is 0 Å². The summed E-state index contributed by atoms with van der Waals surface area (Å²) in [5, 5.41) is 19.3. The molecule has 0 bridgehead atoms. The van der Waals surface area contributed by atoms with Crippen LogP contribution >= 0.6 is 0 Å². The van der Waals surface area contributed by atoms with Crippen molar-refractivity contribution in [1.82, 2.24) is 0 Å². The van der Waals surface area contributed by atoms with Gasteiger partial charge in [-0.05, 0) is 57.5 Å². The molecule has 1 aromatic rings. The van der Waals surface area contributed by atoms with Gasteiger partial charge in [-0.1, -0.05) is 39.0 Å². The molecule has 1 atom stereocenters. The third-order valence-electron chi connectivity index (χ3n) is 4.94. The number of carboxylic acid groups (broad SMARTS) is 2. The van der Waals surface area contributed by atoms with Gasteiger partial charge in [0.2, 0.25) is 0 Å². The van der Waals surface area contributed by atoms with Gasteiger partial charge in [-0.3, -0.25) is 0 Å². The molecule has 0 amide bonds. The van der Waals surface area contributed by atoms with E-state index in [-0.39, 0.29) is 5.41 Å². The van der Waals surface area contributed by atoms with Crippen LogP contribution < -0.4 is 0 Å². The molecule has 0 heterocycles. The van der Waals surface area contributed by atoms with Crippen LogP contribution in [0.1, 0.15) is 65.0 Å². The summed E-state index contributed by atoms with van der Waals surface area (Å²) in [7, 11) is 0. The van der Waals surface area contributed by atoms with E-state index in [0.29, 0.717) is 17.0 Å². The normalized spacial score (nSPS) is 18.2. The first-order valence-corrected chi connectivity index (χ1v) is 7.96. The van der Waals surface area contributed by atoms with E-state index >= 15 is 0 Å². The van der Waals surface area contributed by atoms with Gasteiger partial charge in [-0.2, -0.15) is 0 Å². The Morgan fingerprint density at radius 2 is 1.75 bits per heavy atom. The standard InChI is InChI=1S/C13H16O2.C7H4O2/c1-8-7-13(2,3)11-5-4-9(12(14)15)6-10(8)11;8-7(9)6-3-4-1-2-5(4)6/h4-6,8H,7H2,1-3H3,(H,14,15);1-3H,(H,8,9). The highest BCUT2D eigenvalue weighted by Crippen LogP contribution is 2.45. The molecule has 3 aliphatic rings. The van der Waals surface area contributed by atoms with E-state index in [9.17, 15) is 9.59 Å². The Morgan fingerprint density at radius 1 is 1.04 bits per heavy atom. The third kappa shape index (κ3) is 2.58. The maximum atomic E-state index is 10.9. The molecule has 4 rings (SSSR count). The summed E-state index contributed by atoms with van der Waals surface area (Å²) in [6, 6.07) is 10.9. The molecule has 1 aromatic carbocycles. The Balaban J connectivity index is 0.000000159. The molecule has 0 spiro atoms. The number of hydrogen-bond acceptors (Lipinski definition) is 2. The molecule has 0 saturated heterocycles. The zero-order valence-corrected chi connectivity index (χ0v) is 14.0. The van der Waals surface area contributed by atoms with Crippen molar-refractivity contribution in [2.45, 2.75) is 38.5 Å². The van der Waals surface area contributed by atoms with Crippen LogP contribution in [0.25, 0.3) is 0 Å². The molecule has 1 unspecified atom stereocenters. The van der Waals surface area contributed by atoms with E-state index in [4.69, 9.17) is 10.2 Å². The number of benzene rings is 2.